The van der Waals surface area contributed by atoms with Gasteiger partial charge in [0.15, 0.2) is 6.10 Å². The van der Waals surface area contributed by atoms with Crippen LogP contribution in [0.1, 0.15) is 22.8 Å². The number of benzene rings is 2. The molecule has 21 heavy (non-hydrogen) atoms. The van der Waals surface area contributed by atoms with E-state index in [4.69, 9.17) is 9.94 Å². The fourth-order valence-electron chi connectivity index (χ4n) is 1.81. The first kappa shape index (κ1) is 14.7. The highest BCUT2D eigenvalue weighted by Gasteiger charge is 2.19. The van der Waals surface area contributed by atoms with E-state index in [0.717, 1.165) is 5.56 Å². The molecule has 0 saturated heterocycles. The van der Waals surface area contributed by atoms with Crippen LogP contribution in [0.25, 0.3) is 0 Å². The number of carboxylic acid groups (broad SMARTS) is 1. The van der Waals surface area contributed by atoms with Crippen molar-refractivity contribution in [1.29, 1.82) is 0 Å². The number of aliphatic carboxylic acids is 1. The Bertz CT molecular complexity index is 625. The van der Waals surface area contributed by atoms with Crippen molar-refractivity contribution >= 4 is 12.2 Å². The number of carbonyl (C=O) groups is 1. The van der Waals surface area contributed by atoms with Crippen molar-refractivity contribution in [3.63, 3.8) is 0 Å². The van der Waals surface area contributed by atoms with E-state index in [0.29, 0.717) is 11.1 Å². The number of carboxylic acids is 1. The minimum Gasteiger partial charge on any atom is -0.479 e. The Morgan fingerprint density at radius 1 is 1.14 bits per heavy atom. The lowest BCUT2D eigenvalue weighted by Crippen LogP contribution is -2.12. The third-order valence-corrected chi connectivity index (χ3v) is 2.88. The van der Waals surface area contributed by atoms with Crippen LogP contribution < -0.4 is 0 Å². The number of hydrogen-bond acceptors (Lipinski definition) is 4. The minimum absolute atomic E-state index is 0.0871. The van der Waals surface area contributed by atoms with Gasteiger partial charge < -0.3 is 15.1 Å². The molecule has 108 valence electrons. The molecule has 1 unspecified atom stereocenters. The van der Waals surface area contributed by atoms with E-state index in [2.05, 4.69) is 5.16 Å². The monoisotopic (exact) mass is 285 g/mol. The summed E-state index contributed by atoms with van der Waals surface area (Å²) in [6, 6.07) is 16.1. The maximum absolute atomic E-state index is 10.8. The molecule has 0 saturated carbocycles. The van der Waals surface area contributed by atoms with Gasteiger partial charge >= 0.3 is 5.97 Å². The Hall–Kier alpha value is -2.66. The van der Waals surface area contributed by atoms with Gasteiger partial charge in [-0.3, -0.25) is 0 Å². The van der Waals surface area contributed by atoms with Crippen molar-refractivity contribution in [2.24, 2.45) is 5.16 Å². The summed E-state index contributed by atoms with van der Waals surface area (Å²) in [6.45, 7) is 0.0871. The molecule has 1 atom stereocenters. The molecule has 0 spiro atoms. The van der Waals surface area contributed by atoms with Crippen molar-refractivity contribution in [1.82, 2.24) is 0 Å². The third-order valence-electron chi connectivity index (χ3n) is 2.88. The van der Waals surface area contributed by atoms with Gasteiger partial charge in [0.2, 0.25) is 0 Å². The number of aliphatic hydroxyl groups is 1. The van der Waals surface area contributed by atoms with E-state index < -0.39 is 12.1 Å². The van der Waals surface area contributed by atoms with Gasteiger partial charge in [0.1, 0.15) is 6.61 Å². The number of oxime groups is 1. The van der Waals surface area contributed by atoms with E-state index in [9.17, 15) is 9.90 Å². The first-order chi connectivity index (χ1) is 10.2. The molecule has 0 radical (unpaired) electrons. The van der Waals surface area contributed by atoms with Gasteiger partial charge in [-0.05, 0) is 16.7 Å². The van der Waals surface area contributed by atoms with E-state index in [1.54, 1.807) is 30.5 Å². The lowest BCUT2D eigenvalue weighted by molar-refractivity contribution is -0.147. The summed E-state index contributed by atoms with van der Waals surface area (Å²) in [5.74, 6) is -1.30. The summed E-state index contributed by atoms with van der Waals surface area (Å²) in [6.07, 6.45) is -0.00104. The summed E-state index contributed by atoms with van der Waals surface area (Å²) in [5.41, 5.74) is 1.79. The predicted octanol–water partition coefficient (Wildman–Crippen LogP) is 2.36. The van der Waals surface area contributed by atoms with Crippen molar-refractivity contribution in [3.05, 3.63) is 71.3 Å². The molecule has 5 heteroatoms. The summed E-state index contributed by atoms with van der Waals surface area (Å²) in [5, 5.41) is 22.3. The fourth-order valence-corrected chi connectivity index (χ4v) is 1.81. The van der Waals surface area contributed by atoms with Gasteiger partial charge in [-0.2, -0.15) is 0 Å². The van der Waals surface area contributed by atoms with Gasteiger partial charge in [0.05, 0.1) is 6.21 Å². The molecule has 0 aromatic heterocycles. The predicted molar refractivity (Wildman–Crippen MR) is 77.9 cm³/mol. The standard InChI is InChI=1S/C16H15NO4/c18-15(16(19)20)14-9-5-4-8-13(14)11-21-17-10-12-6-2-1-3-7-12/h1-10,15,18H,11H2,(H,19,20)/b17-10+. The maximum atomic E-state index is 10.8. The normalized spacial score (nSPS) is 12.2. The molecule has 0 fully saturated rings. The summed E-state index contributed by atoms with van der Waals surface area (Å²) < 4.78 is 0. The lowest BCUT2D eigenvalue weighted by atomic mass is 10.0. The largest absolute Gasteiger partial charge is 0.479 e. The van der Waals surface area contributed by atoms with E-state index in [-0.39, 0.29) is 6.61 Å². The first-order valence-corrected chi connectivity index (χ1v) is 6.37. The molecule has 0 aliphatic rings. The molecular formula is C16H15NO4. The van der Waals surface area contributed by atoms with E-state index >= 15 is 0 Å². The second-order valence-corrected chi connectivity index (χ2v) is 4.36. The SMILES string of the molecule is O=C(O)C(O)c1ccccc1CO/N=C/c1ccccc1. The number of rotatable bonds is 6. The van der Waals surface area contributed by atoms with Crippen LogP contribution in [-0.4, -0.2) is 22.4 Å². The number of aliphatic hydroxyl groups excluding tert-OH is 1. The zero-order chi connectivity index (χ0) is 15.1. The molecule has 2 rings (SSSR count). The number of hydrogen-bond donors (Lipinski definition) is 2. The fraction of sp³-hybridized carbons (Fsp3) is 0.125. The third kappa shape index (κ3) is 4.15. The smallest absolute Gasteiger partial charge is 0.337 e. The Balaban J connectivity index is 2.00. The van der Waals surface area contributed by atoms with Crippen molar-refractivity contribution in [2.75, 3.05) is 0 Å². The van der Waals surface area contributed by atoms with Crippen molar-refractivity contribution in [3.8, 4) is 0 Å². The molecule has 0 aliphatic carbocycles. The van der Waals surface area contributed by atoms with Crippen LogP contribution in [0.4, 0.5) is 0 Å². The second-order valence-electron chi connectivity index (χ2n) is 4.36. The van der Waals surface area contributed by atoms with Gasteiger partial charge in [-0.1, -0.05) is 59.8 Å². The Morgan fingerprint density at radius 3 is 2.52 bits per heavy atom. The van der Waals surface area contributed by atoms with Crippen LogP contribution in [0.2, 0.25) is 0 Å². The second kappa shape index (κ2) is 7.21. The average molecular weight is 285 g/mol. The molecular weight excluding hydrogens is 270 g/mol. The maximum Gasteiger partial charge on any atom is 0.337 e. The van der Waals surface area contributed by atoms with Crippen molar-refractivity contribution in [2.45, 2.75) is 12.7 Å². The first-order valence-electron chi connectivity index (χ1n) is 6.37. The van der Waals surface area contributed by atoms with Crippen LogP contribution >= 0.6 is 0 Å². The Morgan fingerprint density at radius 2 is 1.81 bits per heavy atom. The van der Waals surface area contributed by atoms with Crippen molar-refractivity contribution < 1.29 is 19.8 Å². The highest BCUT2D eigenvalue weighted by atomic mass is 16.6. The van der Waals surface area contributed by atoms with Crippen LogP contribution in [0.15, 0.2) is 59.8 Å². The zero-order valence-electron chi connectivity index (χ0n) is 11.2. The highest BCUT2D eigenvalue weighted by molar-refractivity contribution is 5.78. The molecule has 2 aromatic rings. The van der Waals surface area contributed by atoms with Gasteiger partial charge in [-0.25, -0.2) is 4.79 Å². The molecule has 0 amide bonds. The average Bonchev–Trinajstić information content (AvgIpc) is 2.52. The Kier molecular flexibility index (Phi) is 5.06. The summed E-state index contributed by atoms with van der Waals surface area (Å²) >= 11 is 0. The van der Waals surface area contributed by atoms with Crippen LogP contribution in [0.5, 0.6) is 0 Å². The summed E-state index contributed by atoms with van der Waals surface area (Å²) in [4.78, 5) is 16.0. The van der Waals surface area contributed by atoms with Gasteiger partial charge in [-0.15, -0.1) is 0 Å². The zero-order valence-corrected chi connectivity index (χ0v) is 11.2. The minimum atomic E-state index is -1.57. The Labute approximate surface area is 122 Å². The molecule has 2 aromatic carbocycles. The molecule has 2 N–H and O–H groups in total. The molecule has 0 aliphatic heterocycles. The van der Waals surface area contributed by atoms with E-state index in [1.807, 2.05) is 30.3 Å². The molecule has 5 nitrogen and oxygen atoms in total. The van der Waals surface area contributed by atoms with Crippen LogP contribution in [0, 0.1) is 0 Å². The highest BCUT2D eigenvalue weighted by Crippen LogP contribution is 2.19. The van der Waals surface area contributed by atoms with Gasteiger partial charge in [0, 0.05) is 0 Å². The quantitative estimate of drug-likeness (QED) is 0.630. The topological polar surface area (TPSA) is 79.1 Å². The van der Waals surface area contributed by atoms with Crippen LogP contribution in [0.3, 0.4) is 0 Å². The van der Waals surface area contributed by atoms with Crippen LogP contribution in [-0.2, 0) is 16.2 Å². The lowest BCUT2D eigenvalue weighted by Gasteiger charge is -2.11. The summed E-state index contributed by atoms with van der Waals surface area (Å²) in [7, 11) is 0. The molecule has 0 heterocycles. The van der Waals surface area contributed by atoms with E-state index in [1.165, 1.54) is 0 Å². The van der Waals surface area contributed by atoms with Gasteiger partial charge in [0.25, 0.3) is 0 Å². The molecule has 0 bridgehead atoms. The number of nitrogens with zero attached hydrogens (tertiary/aromatic N) is 1.